The number of rotatable bonds is 9. The van der Waals surface area contributed by atoms with Gasteiger partial charge in [-0.15, -0.1) is 10.2 Å². The number of thioether (sulfide) groups is 1. The molecule has 1 fully saturated rings. The number of nitrogens with zero attached hydrogens (tertiary/aromatic N) is 4. The van der Waals surface area contributed by atoms with Crippen molar-refractivity contribution in [2.24, 2.45) is 0 Å². The van der Waals surface area contributed by atoms with Gasteiger partial charge in [0.05, 0.1) is 11.9 Å². The number of anilines is 1. The van der Waals surface area contributed by atoms with E-state index in [9.17, 15) is 4.79 Å². The molecular weight excluding hydrogens is 436 g/mol. The van der Waals surface area contributed by atoms with Crippen molar-refractivity contribution in [2.45, 2.75) is 37.6 Å². The molecule has 2 heterocycles. The summed E-state index contributed by atoms with van der Waals surface area (Å²) in [5.41, 5.74) is 4.26. The minimum absolute atomic E-state index is 0.0299. The normalized spacial score (nSPS) is 15.5. The third-order valence-corrected chi connectivity index (χ3v) is 6.45. The predicted octanol–water partition coefficient (Wildman–Crippen LogP) is 4.41. The lowest BCUT2D eigenvalue weighted by molar-refractivity contribution is -0.130. The summed E-state index contributed by atoms with van der Waals surface area (Å²) in [6.07, 6.45) is 2.12. The van der Waals surface area contributed by atoms with Crippen molar-refractivity contribution in [1.29, 1.82) is 0 Å². The van der Waals surface area contributed by atoms with Crippen LogP contribution in [0.2, 0.25) is 0 Å². The molecule has 0 spiro atoms. The highest BCUT2D eigenvalue weighted by atomic mass is 32.2. The van der Waals surface area contributed by atoms with Crippen LogP contribution in [0.5, 0.6) is 0 Å². The van der Waals surface area contributed by atoms with Crippen molar-refractivity contribution in [1.82, 2.24) is 15.1 Å². The van der Waals surface area contributed by atoms with E-state index in [-0.39, 0.29) is 17.8 Å². The summed E-state index contributed by atoms with van der Waals surface area (Å²) in [6.45, 7) is 3.94. The molecular formula is C25H30N4O3S. The van der Waals surface area contributed by atoms with Gasteiger partial charge in [-0.2, -0.15) is 0 Å². The van der Waals surface area contributed by atoms with Gasteiger partial charge < -0.3 is 19.0 Å². The van der Waals surface area contributed by atoms with Crippen LogP contribution in [0.15, 0.2) is 58.2 Å². The first-order chi connectivity index (χ1) is 16.0. The summed E-state index contributed by atoms with van der Waals surface area (Å²) in [5, 5.41) is 8.63. The molecule has 7 nitrogen and oxygen atoms in total. The zero-order valence-electron chi connectivity index (χ0n) is 19.4. The topological polar surface area (TPSA) is 71.7 Å². The van der Waals surface area contributed by atoms with Crippen LogP contribution in [0.4, 0.5) is 5.69 Å². The van der Waals surface area contributed by atoms with Crippen molar-refractivity contribution in [3.05, 3.63) is 59.7 Å². The van der Waals surface area contributed by atoms with Crippen LogP contribution in [0.25, 0.3) is 11.5 Å². The molecule has 0 saturated carbocycles. The van der Waals surface area contributed by atoms with E-state index in [0.717, 1.165) is 36.3 Å². The lowest BCUT2D eigenvalue weighted by Crippen LogP contribution is -2.38. The van der Waals surface area contributed by atoms with E-state index in [1.165, 1.54) is 17.3 Å². The first kappa shape index (κ1) is 23.3. The molecule has 4 rings (SSSR count). The monoisotopic (exact) mass is 466 g/mol. The third-order valence-electron chi connectivity index (χ3n) is 5.65. The van der Waals surface area contributed by atoms with E-state index < -0.39 is 0 Å². The van der Waals surface area contributed by atoms with E-state index >= 15 is 0 Å². The lowest BCUT2D eigenvalue weighted by Gasteiger charge is -2.25. The Labute approximate surface area is 199 Å². The van der Waals surface area contributed by atoms with Crippen LogP contribution in [0.3, 0.4) is 0 Å². The second kappa shape index (κ2) is 10.9. The molecule has 1 amide bonds. The molecule has 3 aromatic rings. The third kappa shape index (κ3) is 6.36. The van der Waals surface area contributed by atoms with Gasteiger partial charge in [-0.1, -0.05) is 41.6 Å². The largest absolute Gasteiger partial charge is 0.411 e. The number of aromatic nitrogens is 2. The van der Waals surface area contributed by atoms with Crippen molar-refractivity contribution < 1.29 is 13.9 Å². The summed E-state index contributed by atoms with van der Waals surface area (Å²) < 4.78 is 11.6. The highest BCUT2D eigenvalue weighted by Gasteiger charge is 2.23. The maximum absolute atomic E-state index is 13.1. The number of hydrogen-bond acceptors (Lipinski definition) is 7. The fourth-order valence-corrected chi connectivity index (χ4v) is 4.37. The summed E-state index contributed by atoms with van der Waals surface area (Å²) in [7, 11) is 4.03. The average molecular weight is 467 g/mol. The van der Waals surface area contributed by atoms with Gasteiger partial charge in [-0.05, 0) is 49.6 Å². The van der Waals surface area contributed by atoms with Gasteiger partial charge in [0.1, 0.15) is 0 Å². The maximum Gasteiger partial charge on any atom is 0.277 e. The fraction of sp³-hybridized carbons (Fsp3) is 0.400. The van der Waals surface area contributed by atoms with Crippen LogP contribution in [-0.4, -0.2) is 60.1 Å². The Morgan fingerprint density at radius 1 is 1.09 bits per heavy atom. The SMILES string of the molecule is Cc1ccc(-c2nnc(SCC(=O)N(Cc3ccc(N(C)C)cc3)CC3CCCO3)o2)cc1. The van der Waals surface area contributed by atoms with Gasteiger partial charge in [-0.25, -0.2) is 0 Å². The smallest absolute Gasteiger partial charge is 0.277 e. The average Bonchev–Trinajstić information content (AvgIpc) is 3.50. The van der Waals surface area contributed by atoms with Gasteiger partial charge in [0.2, 0.25) is 11.8 Å². The number of aryl methyl sites for hydroxylation is 1. The zero-order chi connectivity index (χ0) is 23.2. The molecule has 1 unspecified atom stereocenters. The second-order valence-corrected chi connectivity index (χ2v) is 9.42. The number of hydrogen-bond donors (Lipinski definition) is 0. The lowest BCUT2D eigenvalue weighted by atomic mass is 10.1. The van der Waals surface area contributed by atoms with E-state index in [2.05, 4.69) is 39.4 Å². The molecule has 1 atom stereocenters. The molecule has 1 saturated heterocycles. The van der Waals surface area contributed by atoms with Crippen LogP contribution < -0.4 is 4.90 Å². The number of ether oxygens (including phenoxy) is 1. The van der Waals surface area contributed by atoms with Gasteiger partial charge >= 0.3 is 0 Å². The first-order valence-corrected chi connectivity index (χ1v) is 12.2. The van der Waals surface area contributed by atoms with Crippen LogP contribution in [0, 0.1) is 6.92 Å². The number of amides is 1. The summed E-state index contributed by atoms with van der Waals surface area (Å²) in [4.78, 5) is 17.1. The first-order valence-electron chi connectivity index (χ1n) is 11.2. The Morgan fingerprint density at radius 3 is 2.52 bits per heavy atom. The zero-order valence-corrected chi connectivity index (χ0v) is 20.2. The van der Waals surface area contributed by atoms with Gasteiger partial charge in [0.15, 0.2) is 0 Å². The van der Waals surface area contributed by atoms with Crippen molar-refractivity contribution in [3.63, 3.8) is 0 Å². The fourth-order valence-electron chi connectivity index (χ4n) is 3.70. The van der Waals surface area contributed by atoms with Crippen LogP contribution in [0.1, 0.15) is 24.0 Å². The molecule has 8 heteroatoms. The Kier molecular flexibility index (Phi) is 7.67. The Bertz CT molecular complexity index is 1040. The molecule has 0 bridgehead atoms. The molecule has 0 radical (unpaired) electrons. The van der Waals surface area contributed by atoms with Gasteiger partial charge in [0.25, 0.3) is 5.22 Å². The summed E-state index contributed by atoms with van der Waals surface area (Å²) >= 11 is 1.27. The quantitative estimate of drug-likeness (QED) is 0.433. The highest BCUT2D eigenvalue weighted by molar-refractivity contribution is 7.99. The summed E-state index contributed by atoms with van der Waals surface area (Å²) in [6, 6.07) is 16.2. The molecule has 0 N–H and O–H groups in total. The van der Waals surface area contributed by atoms with E-state index in [0.29, 0.717) is 24.2 Å². The number of carbonyl (C=O) groups excluding carboxylic acids is 1. The summed E-state index contributed by atoms with van der Waals surface area (Å²) in [5.74, 6) is 0.724. The second-order valence-electron chi connectivity index (χ2n) is 8.50. The molecule has 0 aliphatic carbocycles. The van der Waals surface area contributed by atoms with Gasteiger partial charge in [0, 0.05) is 45.0 Å². The predicted molar refractivity (Wildman–Crippen MR) is 130 cm³/mol. The molecule has 33 heavy (non-hydrogen) atoms. The Hall–Kier alpha value is -2.84. The van der Waals surface area contributed by atoms with E-state index in [4.69, 9.17) is 9.15 Å². The molecule has 2 aromatic carbocycles. The minimum atomic E-state index is 0.0299. The highest BCUT2D eigenvalue weighted by Crippen LogP contribution is 2.24. The van der Waals surface area contributed by atoms with Crippen molar-refractivity contribution in [2.75, 3.05) is 37.9 Å². The van der Waals surface area contributed by atoms with Crippen LogP contribution >= 0.6 is 11.8 Å². The van der Waals surface area contributed by atoms with Crippen molar-refractivity contribution in [3.8, 4) is 11.5 Å². The minimum Gasteiger partial charge on any atom is -0.411 e. The number of benzene rings is 2. The standard InChI is InChI=1S/C25H30N4O3S/c1-18-6-10-20(11-7-18)24-26-27-25(32-24)33-17-23(30)29(16-22-5-4-14-31-22)15-19-8-12-21(13-9-19)28(2)3/h6-13,22H,4-5,14-17H2,1-3H3. The van der Waals surface area contributed by atoms with E-state index in [1.807, 2.05) is 50.2 Å². The Balaban J connectivity index is 1.39. The molecule has 1 aliphatic heterocycles. The van der Waals surface area contributed by atoms with Crippen LogP contribution in [-0.2, 0) is 16.1 Å². The molecule has 1 aliphatic rings. The van der Waals surface area contributed by atoms with E-state index in [1.54, 1.807) is 0 Å². The molecule has 174 valence electrons. The van der Waals surface area contributed by atoms with Crippen molar-refractivity contribution >= 4 is 23.4 Å². The Morgan fingerprint density at radius 2 is 1.85 bits per heavy atom. The molecule has 1 aromatic heterocycles. The van der Waals surface area contributed by atoms with Gasteiger partial charge in [-0.3, -0.25) is 4.79 Å². The number of carbonyl (C=O) groups is 1. The maximum atomic E-state index is 13.1.